The highest BCUT2D eigenvalue weighted by Crippen LogP contribution is 2.09. The van der Waals surface area contributed by atoms with E-state index in [-0.39, 0.29) is 18.2 Å². The number of carbonyl (C=O) groups is 2. The molecule has 0 saturated heterocycles. The van der Waals surface area contributed by atoms with Gasteiger partial charge in [-0.05, 0) is 30.3 Å². The van der Waals surface area contributed by atoms with Gasteiger partial charge < -0.3 is 15.1 Å². The topological polar surface area (TPSA) is 71.3 Å². The summed E-state index contributed by atoms with van der Waals surface area (Å²) in [6, 6.07) is 10.0. The Morgan fingerprint density at radius 3 is 2.80 bits per heavy atom. The fourth-order valence-electron chi connectivity index (χ4n) is 1.55. The van der Waals surface area contributed by atoms with Crippen LogP contribution in [0.5, 0.6) is 0 Å². The summed E-state index contributed by atoms with van der Waals surface area (Å²) in [6.07, 6.45) is 6.66. The van der Waals surface area contributed by atoms with Crippen molar-refractivity contribution in [3.8, 4) is 12.3 Å². The largest absolute Gasteiger partial charge is 0.459 e. The molecule has 5 heteroatoms. The molecular weight excluding hydrogens is 256 g/mol. The van der Waals surface area contributed by atoms with Crippen molar-refractivity contribution in [2.24, 2.45) is 0 Å². The van der Waals surface area contributed by atoms with E-state index in [9.17, 15) is 9.59 Å². The summed E-state index contributed by atoms with van der Waals surface area (Å²) in [5, 5.41) is 5.09. The van der Waals surface area contributed by atoms with Crippen LogP contribution in [0.1, 0.15) is 16.1 Å². The minimum Gasteiger partial charge on any atom is -0.459 e. The van der Waals surface area contributed by atoms with Crippen LogP contribution in [0.15, 0.2) is 47.1 Å². The molecule has 5 nitrogen and oxygen atoms in total. The molecule has 2 N–H and O–H groups in total. The number of carbonyl (C=O) groups excluding carboxylic acids is 2. The molecule has 0 fully saturated rings. The second-order valence-corrected chi connectivity index (χ2v) is 3.93. The number of hydrogen-bond acceptors (Lipinski definition) is 3. The predicted molar refractivity (Wildman–Crippen MR) is 74.0 cm³/mol. The first-order valence-corrected chi connectivity index (χ1v) is 5.87. The van der Waals surface area contributed by atoms with Crippen LogP contribution in [0, 0.1) is 12.3 Å². The normalized spacial score (nSPS) is 9.55. The predicted octanol–water partition coefficient (Wildman–Crippen LogP) is 1.63. The van der Waals surface area contributed by atoms with Crippen LogP contribution in [-0.4, -0.2) is 18.4 Å². The van der Waals surface area contributed by atoms with Crippen LogP contribution >= 0.6 is 0 Å². The van der Waals surface area contributed by atoms with Gasteiger partial charge in [-0.25, -0.2) is 0 Å². The second kappa shape index (κ2) is 6.25. The fraction of sp³-hybridized carbons (Fsp3) is 0.0667. The van der Waals surface area contributed by atoms with Gasteiger partial charge in [-0.2, -0.15) is 0 Å². The molecule has 0 radical (unpaired) electrons. The van der Waals surface area contributed by atoms with Gasteiger partial charge in [-0.15, -0.1) is 6.42 Å². The van der Waals surface area contributed by atoms with Crippen LogP contribution in [-0.2, 0) is 4.79 Å². The second-order valence-electron chi connectivity index (χ2n) is 3.93. The van der Waals surface area contributed by atoms with E-state index in [1.807, 2.05) is 0 Å². The van der Waals surface area contributed by atoms with Crippen molar-refractivity contribution in [1.82, 2.24) is 5.32 Å². The quantitative estimate of drug-likeness (QED) is 0.828. The number of furan rings is 1. The molecule has 100 valence electrons. The highest BCUT2D eigenvalue weighted by molar-refractivity contribution is 5.98. The molecule has 1 aromatic heterocycles. The molecule has 2 rings (SSSR count). The minimum absolute atomic E-state index is 0.153. The van der Waals surface area contributed by atoms with Crippen molar-refractivity contribution in [3.05, 3.63) is 54.0 Å². The van der Waals surface area contributed by atoms with Gasteiger partial charge in [0.05, 0.1) is 12.8 Å². The lowest BCUT2D eigenvalue weighted by Crippen LogP contribution is -2.32. The smallest absolute Gasteiger partial charge is 0.287 e. The third-order valence-electron chi connectivity index (χ3n) is 2.47. The van der Waals surface area contributed by atoms with Crippen molar-refractivity contribution in [2.45, 2.75) is 0 Å². The molecule has 1 aromatic carbocycles. The van der Waals surface area contributed by atoms with Gasteiger partial charge in [-0.1, -0.05) is 12.0 Å². The number of benzene rings is 1. The van der Waals surface area contributed by atoms with E-state index in [1.165, 1.54) is 12.3 Å². The number of rotatable bonds is 4. The maximum absolute atomic E-state index is 11.7. The van der Waals surface area contributed by atoms with Crippen molar-refractivity contribution < 1.29 is 14.0 Å². The van der Waals surface area contributed by atoms with E-state index in [2.05, 4.69) is 16.6 Å². The van der Waals surface area contributed by atoms with Crippen molar-refractivity contribution >= 4 is 17.5 Å². The van der Waals surface area contributed by atoms with Crippen LogP contribution in [0.4, 0.5) is 5.69 Å². The zero-order valence-electron chi connectivity index (χ0n) is 10.6. The SMILES string of the molecule is C#Cc1cccc(NC(=O)CNC(=O)c2ccco2)c1. The highest BCUT2D eigenvalue weighted by Gasteiger charge is 2.10. The number of hydrogen-bond donors (Lipinski definition) is 2. The summed E-state index contributed by atoms with van der Waals surface area (Å²) in [4.78, 5) is 23.2. The average Bonchev–Trinajstić information content (AvgIpc) is 2.99. The first kappa shape index (κ1) is 13.4. The molecule has 20 heavy (non-hydrogen) atoms. The summed E-state index contributed by atoms with van der Waals surface area (Å²) in [5.74, 6) is 1.85. The molecule has 0 aliphatic rings. The molecule has 2 amide bonds. The van der Waals surface area contributed by atoms with Crippen molar-refractivity contribution in [1.29, 1.82) is 0 Å². The van der Waals surface area contributed by atoms with Gasteiger partial charge >= 0.3 is 0 Å². The Balaban J connectivity index is 1.86. The molecule has 2 aromatic rings. The van der Waals surface area contributed by atoms with Crippen LogP contribution in [0.3, 0.4) is 0 Å². The highest BCUT2D eigenvalue weighted by atomic mass is 16.3. The summed E-state index contributed by atoms with van der Waals surface area (Å²) >= 11 is 0. The lowest BCUT2D eigenvalue weighted by Gasteiger charge is -2.06. The van der Waals surface area contributed by atoms with Crippen molar-refractivity contribution in [2.75, 3.05) is 11.9 Å². The number of terminal acetylenes is 1. The number of amides is 2. The molecule has 0 aliphatic heterocycles. The van der Waals surface area contributed by atoms with Crippen LogP contribution in [0.25, 0.3) is 0 Å². The standard InChI is InChI=1S/C15H12N2O3/c1-2-11-5-3-6-12(9-11)17-14(18)10-16-15(19)13-7-4-8-20-13/h1,3-9H,10H2,(H,16,19)(H,17,18). The van der Waals surface area contributed by atoms with Crippen LogP contribution < -0.4 is 10.6 Å². The Morgan fingerprint density at radius 1 is 1.25 bits per heavy atom. The molecule has 0 aliphatic carbocycles. The number of nitrogens with one attached hydrogen (secondary N) is 2. The monoisotopic (exact) mass is 268 g/mol. The first-order chi connectivity index (χ1) is 9.69. The van der Waals surface area contributed by atoms with Crippen LogP contribution in [0.2, 0.25) is 0 Å². The molecule has 0 atom stereocenters. The minimum atomic E-state index is -0.442. The third kappa shape index (κ3) is 3.50. The Labute approximate surface area is 116 Å². The summed E-state index contributed by atoms with van der Waals surface area (Å²) in [7, 11) is 0. The molecule has 0 spiro atoms. The van der Waals surface area contributed by atoms with Gasteiger partial charge in [0.15, 0.2) is 5.76 Å². The van der Waals surface area contributed by atoms with E-state index in [1.54, 1.807) is 30.3 Å². The number of anilines is 1. The van der Waals surface area contributed by atoms with E-state index in [0.29, 0.717) is 11.3 Å². The molecule has 0 saturated carbocycles. The van der Waals surface area contributed by atoms with E-state index in [4.69, 9.17) is 10.8 Å². The Kier molecular flexibility index (Phi) is 4.20. The zero-order valence-corrected chi connectivity index (χ0v) is 10.6. The molecule has 0 unspecified atom stereocenters. The maximum atomic E-state index is 11.7. The van der Waals surface area contributed by atoms with Gasteiger partial charge in [0, 0.05) is 11.3 Å². The van der Waals surface area contributed by atoms with Gasteiger partial charge in [0.2, 0.25) is 5.91 Å². The average molecular weight is 268 g/mol. The first-order valence-electron chi connectivity index (χ1n) is 5.87. The van der Waals surface area contributed by atoms with E-state index < -0.39 is 5.91 Å². The lowest BCUT2D eigenvalue weighted by atomic mass is 10.2. The Hall–Kier alpha value is -3.00. The van der Waals surface area contributed by atoms with Crippen molar-refractivity contribution in [3.63, 3.8) is 0 Å². The molecule has 1 heterocycles. The summed E-state index contributed by atoms with van der Waals surface area (Å²) in [5.41, 5.74) is 1.25. The van der Waals surface area contributed by atoms with Gasteiger partial charge in [0.25, 0.3) is 5.91 Å². The summed E-state index contributed by atoms with van der Waals surface area (Å²) in [6.45, 7) is -0.153. The summed E-state index contributed by atoms with van der Waals surface area (Å²) < 4.78 is 4.91. The lowest BCUT2D eigenvalue weighted by molar-refractivity contribution is -0.115. The molecule has 0 bridgehead atoms. The van der Waals surface area contributed by atoms with Gasteiger partial charge in [0.1, 0.15) is 0 Å². The Bertz CT molecular complexity index is 654. The van der Waals surface area contributed by atoms with E-state index >= 15 is 0 Å². The fourth-order valence-corrected chi connectivity index (χ4v) is 1.55. The zero-order chi connectivity index (χ0) is 14.4. The third-order valence-corrected chi connectivity index (χ3v) is 2.47. The van der Waals surface area contributed by atoms with E-state index in [0.717, 1.165) is 0 Å². The molecular formula is C15H12N2O3. The van der Waals surface area contributed by atoms with Gasteiger partial charge in [-0.3, -0.25) is 9.59 Å². The Morgan fingerprint density at radius 2 is 2.10 bits per heavy atom. The maximum Gasteiger partial charge on any atom is 0.287 e.